The number of fused-ring (bicyclic) bond motifs is 1. The summed E-state index contributed by atoms with van der Waals surface area (Å²) in [7, 11) is 6.46. The number of carbonyl (C=O) groups is 1. The molecular formula is C22H23N3O4. The van der Waals surface area contributed by atoms with E-state index < -0.39 is 11.8 Å². The molecule has 3 rings (SSSR count). The highest BCUT2D eigenvalue weighted by atomic mass is 16.5. The molecule has 0 spiro atoms. The van der Waals surface area contributed by atoms with Crippen LogP contribution < -0.4 is 19.5 Å². The Morgan fingerprint density at radius 2 is 1.79 bits per heavy atom. The van der Waals surface area contributed by atoms with Crippen LogP contribution in [0.25, 0.3) is 10.9 Å². The maximum Gasteiger partial charge on any atom is 0.242 e. The van der Waals surface area contributed by atoms with Gasteiger partial charge in [-0.3, -0.25) is 4.79 Å². The molecule has 1 amide bonds. The SMILES string of the molecule is COc1cc(NC(=O)C(C#N)Cc2cn(C)c3ccccc23)cc(OC)c1OC. The summed E-state index contributed by atoms with van der Waals surface area (Å²) in [6.07, 6.45) is 2.27. The number of aromatic nitrogens is 1. The van der Waals surface area contributed by atoms with Gasteiger partial charge in [0.2, 0.25) is 11.7 Å². The van der Waals surface area contributed by atoms with E-state index in [1.54, 1.807) is 12.1 Å². The number of nitrogens with one attached hydrogen (secondary N) is 1. The Bertz CT molecular complexity index is 1060. The van der Waals surface area contributed by atoms with Crippen LogP contribution in [0.1, 0.15) is 5.56 Å². The molecule has 0 aliphatic carbocycles. The Kier molecular flexibility index (Phi) is 5.93. The summed E-state index contributed by atoms with van der Waals surface area (Å²) in [5.74, 6) is 0.0321. The quantitative estimate of drug-likeness (QED) is 0.664. The van der Waals surface area contributed by atoms with E-state index in [9.17, 15) is 10.1 Å². The van der Waals surface area contributed by atoms with E-state index in [2.05, 4.69) is 11.4 Å². The number of methoxy groups -OCH3 is 3. The number of anilines is 1. The summed E-state index contributed by atoms with van der Waals surface area (Å²) in [4.78, 5) is 12.8. The monoisotopic (exact) mass is 393 g/mol. The number of para-hydroxylation sites is 1. The van der Waals surface area contributed by atoms with Gasteiger partial charge in [0.05, 0.1) is 27.4 Å². The van der Waals surface area contributed by atoms with Crippen LogP contribution in [0, 0.1) is 17.2 Å². The Morgan fingerprint density at radius 3 is 2.38 bits per heavy atom. The number of hydrogen-bond acceptors (Lipinski definition) is 5. The van der Waals surface area contributed by atoms with Crippen molar-refractivity contribution in [1.29, 1.82) is 5.26 Å². The lowest BCUT2D eigenvalue weighted by Crippen LogP contribution is -2.23. The molecule has 150 valence electrons. The van der Waals surface area contributed by atoms with Gasteiger partial charge in [0.15, 0.2) is 11.5 Å². The van der Waals surface area contributed by atoms with E-state index in [1.165, 1.54) is 21.3 Å². The van der Waals surface area contributed by atoms with Crippen molar-refractivity contribution < 1.29 is 19.0 Å². The fourth-order valence-electron chi connectivity index (χ4n) is 3.39. The number of nitrogens with zero attached hydrogens (tertiary/aromatic N) is 2. The zero-order valence-electron chi connectivity index (χ0n) is 16.9. The van der Waals surface area contributed by atoms with Gasteiger partial charge in [-0.15, -0.1) is 0 Å². The summed E-state index contributed by atoms with van der Waals surface area (Å²) < 4.78 is 17.9. The predicted molar refractivity (Wildman–Crippen MR) is 110 cm³/mol. The second kappa shape index (κ2) is 8.57. The molecule has 1 unspecified atom stereocenters. The van der Waals surface area contributed by atoms with Gasteiger partial charge in [-0.25, -0.2) is 0 Å². The minimum Gasteiger partial charge on any atom is -0.493 e. The molecule has 0 saturated heterocycles. The van der Waals surface area contributed by atoms with Crippen LogP contribution in [0.5, 0.6) is 17.2 Å². The summed E-state index contributed by atoms with van der Waals surface area (Å²) in [5.41, 5.74) is 2.47. The molecule has 0 aliphatic heterocycles. The number of aryl methyl sites for hydroxylation is 1. The van der Waals surface area contributed by atoms with Gasteiger partial charge >= 0.3 is 0 Å². The fraction of sp³-hybridized carbons (Fsp3) is 0.273. The highest BCUT2D eigenvalue weighted by Crippen LogP contribution is 2.40. The molecule has 1 N–H and O–H groups in total. The Morgan fingerprint density at radius 1 is 1.14 bits per heavy atom. The van der Waals surface area contributed by atoms with E-state index >= 15 is 0 Å². The number of benzene rings is 2. The van der Waals surface area contributed by atoms with Crippen molar-refractivity contribution in [2.45, 2.75) is 6.42 Å². The van der Waals surface area contributed by atoms with Crippen molar-refractivity contribution in [2.24, 2.45) is 13.0 Å². The predicted octanol–water partition coefficient (Wildman–Crippen LogP) is 3.53. The van der Waals surface area contributed by atoms with E-state index in [4.69, 9.17) is 14.2 Å². The van der Waals surface area contributed by atoms with Gasteiger partial charge in [0, 0.05) is 42.0 Å². The van der Waals surface area contributed by atoms with Crippen molar-refractivity contribution in [3.8, 4) is 23.3 Å². The molecule has 7 nitrogen and oxygen atoms in total. The minimum absolute atomic E-state index is 0.314. The molecule has 3 aromatic rings. The average Bonchev–Trinajstić information content (AvgIpc) is 3.06. The lowest BCUT2D eigenvalue weighted by atomic mass is 9.99. The smallest absolute Gasteiger partial charge is 0.242 e. The largest absolute Gasteiger partial charge is 0.493 e. The van der Waals surface area contributed by atoms with Gasteiger partial charge in [0.25, 0.3) is 0 Å². The van der Waals surface area contributed by atoms with E-state index in [1.807, 2.05) is 42.1 Å². The summed E-state index contributed by atoms with van der Waals surface area (Å²) in [6.45, 7) is 0. The topological polar surface area (TPSA) is 85.5 Å². The summed E-state index contributed by atoms with van der Waals surface area (Å²) in [5, 5.41) is 13.4. The molecule has 0 radical (unpaired) electrons. The molecule has 7 heteroatoms. The first-order valence-corrected chi connectivity index (χ1v) is 9.05. The second-order valence-corrected chi connectivity index (χ2v) is 6.57. The van der Waals surface area contributed by atoms with Crippen molar-refractivity contribution in [2.75, 3.05) is 26.6 Å². The van der Waals surface area contributed by atoms with Crippen LogP contribution in [-0.4, -0.2) is 31.8 Å². The van der Waals surface area contributed by atoms with Crippen molar-refractivity contribution in [3.63, 3.8) is 0 Å². The molecule has 1 heterocycles. The van der Waals surface area contributed by atoms with E-state index in [-0.39, 0.29) is 0 Å². The fourth-order valence-corrected chi connectivity index (χ4v) is 3.39. The van der Waals surface area contributed by atoms with E-state index in [0.29, 0.717) is 29.4 Å². The van der Waals surface area contributed by atoms with Crippen LogP contribution in [-0.2, 0) is 18.3 Å². The first-order chi connectivity index (χ1) is 14.0. The lowest BCUT2D eigenvalue weighted by molar-refractivity contribution is -0.118. The number of hydrogen-bond donors (Lipinski definition) is 1. The van der Waals surface area contributed by atoms with Crippen LogP contribution >= 0.6 is 0 Å². The standard InChI is InChI=1S/C22H23N3O4/c1-25-13-15(17-7-5-6-8-18(17)25)9-14(12-23)22(26)24-16-10-19(27-2)21(29-4)20(11-16)28-3/h5-8,10-11,13-14H,9H2,1-4H3,(H,24,26). The molecule has 1 aromatic heterocycles. The van der Waals surface area contributed by atoms with Crippen molar-refractivity contribution in [3.05, 3.63) is 48.2 Å². The molecule has 0 aliphatic rings. The Hall–Kier alpha value is -3.66. The summed E-state index contributed by atoms with van der Waals surface area (Å²) in [6, 6.07) is 13.3. The summed E-state index contributed by atoms with van der Waals surface area (Å²) >= 11 is 0. The molecule has 2 aromatic carbocycles. The molecule has 29 heavy (non-hydrogen) atoms. The average molecular weight is 393 g/mol. The van der Waals surface area contributed by atoms with Gasteiger partial charge in [-0.1, -0.05) is 18.2 Å². The zero-order chi connectivity index (χ0) is 21.0. The third-order valence-corrected chi connectivity index (χ3v) is 4.81. The van der Waals surface area contributed by atoms with Crippen LogP contribution in [0.15, 0.2) is 42.6 Å². The third kappa shape index (κ3) is 3.97. The molecular weight excluding hydrogens is 370 g/mol. The third-order valence-electron chi connectivity index (χ3n) is 4.81. The number of carbonyl (C=O) groups excluding carboxylic acids is 1. The Balaban J connectivity index is 1.84. The van der Waals surface area contributed by atoms with Gasteiger partial charge < -0.3 is 24.1 Å². The number of rotatable bonds is 7. The normalized spacial score (nSPS) is 11.6. The maximum atomic E-state index is 12.8. The number of ether oxygens (including phenoxy) is 3. The van der Waals surface area contributed by atoms with E-state index in [0.717, 1.165) is 16.5 Å². The second-order valence-electron chi connectivity index (χ2n) is 6.57. The molecule has 0 fully saturated rings. The minimum atomic E-state index is -0.847. The molecule has 0 saturated carbocycles. The van der Waals surface area contributed by atoms with Gasteiger partial charge in [0.1, 0.15) is 5.92 Å². The van der Waals surface area contributed by atoms with Gasteiger partial charge in [-0.2, -0.15) is 5.26 Å². The maximum absolute atomic E-state index is 12.8. The first kappa shape index (κ1) is 20.1. The van der Waals surface area contributed by atoms with Crippen LogP contribution in [0.3, 0.4) is 0 Å². The molecule has 0 bridgehead atoms. The highest BCUT2D eigenvalue weighted by molar-refractivity contribution is 5.95. The van der Waals surface area contributed by atoms with Crippen molar-refractivity contribution in [1.82, 2.24) is 4.57 Å². The zero-order valence-corrected chi connectivity index (χ0v) is 16.9. The van der Waals surface area contributed by atoms with Crippen LogP contribution in [0.4, 0.5) is 5.69 Å². The number of nitriles is 1. The van der Waals surface area contributed by atoms with Crippen LogP contribution in [0.2, 0.25) is 0 Å². The van der Waals surface area contributed by atoms with Crippen molar-refractivity contribution >= 4 is 22.5 Å². The highest BCUT2D eigenvalue weighted by Gasteiger charge is 2.22. The van der Waals surface area contributed by atoms with Gasteiger partial charge in [-0.05, 0) is 18.1 Å². The number of amides is 1. The first-order valence-electron chi connectivity index (χ1n) is 9.05. The lowest BCUT2D eigenvalue weighted by Gasteiger charge is -2.15. The molecule has 1 atom stereocenters. The Labute approximate surface area is 169 Å².